The van der Waals surface area contributed by atoms with Gasteiger partial charge in [0.05, 0.1) is 10.6 Å². The number of ether oxygens (including phenoxy) is 1. The molecule has 0 N–H and O–H groups in total. The number of carbonyl (C=O) groups excluding carboxylic acids is 1. The molecule has 1 aliphatic rings. The number of hydrogen-bond donors (Lipinski definition) is 0. The molecule has 1 aliphatic heterocycles. The lowest BCUT2D eigenvalue weighted by molar-refractivity contribution is 0.140. The van der Waals surface area contributed by atoms with Gasteiger partial charge >= 0.3 is 6.09 Å². The van der Waals surface area contributed by atoms with Gasteiger partial charge < -0.3 is 4.74 Å². The van der Waals surface area contributed by atoms with Crippen molar-refractivity contribution in [3.8, 4) is 0 Å². The van der Waals surface area contributed by atoms with E-state index in [1.807, 2.05) is 26.0 Å². The third-order valence-corrected chi connectivity index (χ3v) is 5.87. The van der Waals surface area contributed by atoms with Crippen molar-refractivity contribution in [2.24, 2.45) is 0 Å². The number of benzene rings is 2. The Kier molecular flexibility index (Phi) is 4.58. The summed E-state index contributed by atoms with van der Waals surface area (Å²) in [4.78, 5) is 12.3. The monoisotopic (exact) mass is 377 g/mol. The zero-order chi connectivity index (χ0) is 18.2. The number of halogens is 1. The van der Waals surface area contributed by atoms with Crippen molar-refractivity contribution in [3.05, 3.63) is 76.5 Å². The first kappa shape index (κ1) is 17.5. The third kappa shape index (κ3) is 3.15. The van der Waals surface area contributed by atoms with Gasteiger partial charge in [0.1, 0.15) is 0 Å². The van der Waals surface area contributed by atoms with Crippen LogP contribution < -0.4 is 0 Å². The number of cyclic esters (lactones) is 1. The molecule has 1 unspecified atom stereocenters. The van der Waals surface area contributed by atoms with Gasteiger partial charge in [0.15, 0.2) is 6.10 Å². The minimum Gasteiger partial charge on any atom is -0.434 e. The molecule has 5 nitrogen and oxygen atoms in total. The number of rotatable bonds is 3. The minimum atomic E-state index is -4.11. The first-order valence-corrected chi connectivity index (χ1v) is 9.41. The summed E-state index contributed by atoms with van der Waals surface area (Å²) in [6.45, 7) is 3.77. The maximum absolute atomic E-state index is 12.9. The Hall–Kier alpha value is -2.31. The molecule has 25 heavy (non-hydrogen) atoms. The van der Waals surface area contributed by atoms with Gasteiger partial charge in [-0.3, -0.25) is 0 Å². The van der Waals surface area contributed by atoms with Gasteiger partial charge in [-0.25, -0.2) is 13.2 Å². The van der Waals surface area contributed by atoms with Crippen molar-refractivity contribution in [3.63, 3.8) is 0 Å². The molecule has 0 bridgehead atoms. The average Bonchev–Trinajstić information content (AvgIpc) is 2.93. The molecular formula is C18H16ClNO4S. The highest BCUT2D eigenvalue weighted by Crippen LogP contribution is 2.39. The smallest absolute Gasteiger partial charge is 0.429 e. The first-order chi connectivity index (χ1) is 11.8. The van der Waals surface area contributed by atoms with Crippen molar-refractivity contribution in [2.75, 3.05) is 0 Å². The lowest BCUT2D eigenvalue weighted by Gasteiger charge is -2.16. The molecule has 0 saturated carbocycles. The molecule has 1 fully saturated rings. The van der Waals surface area contributed by atoms with Crippen LogP contribution in [-0.2, 0) is 14.8 Å². The van der Waals surface area contributed by atoms with Crippen LogP contribution in [0.5, 0.6) is 0 Å². The van der Waals surface area contributed by atoms with E-state index in [2.05, 4.69) is 0 Å². The average molecular weight is 378 g/mol. The summed E-state index contributed by atoms with van der Waals surface area (Å²) in [6.07, 6.45) is -1.84. The Labute approximate surface area is 151 Å². The maximum atomic E-state index is 12.9. The van der Waals surface area contributed by atoms with Crippen LogP contribution in [0.3, 0.4) is 0 Å². The molecular weight excluding hydrogens is 362 g/mol. The highest BCUT2D eigenvalue weighted by atomic mass is 35.5. The van der Waals surface area contributed by atoms with Crippen molar-refractivity contribution in [2.45, 2.75) is 24.8 Å². The zero-order valence-electron chi connectivity index (χ0n) is 13.6. The number of nitrogens with zero attached hydrogens (tertiary/aromatic N) is 1. The van der Waals surface area contributed by atoms with Crippen molar-refractivity contribution in [1.82, 2.24) is 4.31 Å². The first-order valence-electron chi connectivity index (χ1n) is 7.54. The fraction of sp³-hybridized carbons (Fsp3) is 0.167. The maximum Gasteiger partial charge on any atom is 0.429 e. The molecule has 130 valence electrons. The lowest BCUT2D eigenvalue weighted by atomic mass is 10.1. The van der Waals surface area contributed by atoms with E-state index in [4.69, 9.17) is 16.3 Å². The van der Waals surface area contributed by atoms with Gasteiger partial charge in [0, 0.05) is 5.54 Å². The van der Waals surface area contributed by atoms with E-state index in [1.165, 1.54) is 12.1 Å². The third-order valence-electron chi connectivity index (χ3n) is 3.94. The Balaban J connectivity index is 2.03. The summed E-state index contributed by atoms with van der Waals surface area (Å²) >= 11 is 5.86. The van der Waals surface area contributed by atoms with Crippen LogP contribution >= 0.6 is 11.6 Å². The van der Waals surface area contributed by atoms with Crippen LogP contribution in [0.25, 0.3) is 0 Å². The van der Waals surface area contributed by atoms with Crippen molar-refractivity contribution < 1.29 is 17.9 Å². The molecule has 2 aromatic rings. The van der Waals surface area contributed by atoms with Crippen LogP contribution in [0, 0.1) is 13.8 Å². The topological polar surface area (TPSA) is 63.7 Å². The molecule has 3 rings (SSSR count). The molecule has 1 amide bonds. The number of amides is 1. The molecule has 1 atom stereocenters. The van der Waals surface area contributed by atoms with E-state index in [0.29, 0.717) is 9.87 Å². The summed E-state index contributed by atoms with van der Waals surface area (Å²) in [5, 5.41) is 0. The lowest BCUT2D eigenvalue weighted by Crippen LogP contribution is -2.30. The number of sulfonamides is 1. The largest absolute Gasteiger partial charge is 0.434 e. The standard InChI is InChI=1S/C18H16ClNO4S/c1-12-3-7-14(8-4-12)17-16(11-19)20(18(21)24-17)25(22,23)15-9-5-13(2)6-10-15/h3-11,17H,1-2H3/b16-11+. The van der Waals surface area contributed by atoms with E-state index in [-0.39, 0.29) is 10.6 Å². The van der Waals surface area contributed by atoms with Crippen LogP contribution in [-0.4, -0.2) is 18.8 Å². The van der Waals surface area contributed by atoms with Gasteiger partial charge in [-0.15, -0.1) is 0 Å². The predicted octanol–water partition coefficient (Wildman–Crippen LogP) is 4.27. The minimum absolute atomic E-state index is 0.00405. The molecule has 0 radical (unpaired) electrons. The molecule has 7 heteroatoms. The summed E-state index contributed by atoms with van der Waals surface area (Å²) in [7, 11) is -4.11. The number of aryl methyl sites for hydroxylation is 2. The number of hydrogen-bond acceptors (Lipinski definition) is 4. The van der Waals surface area contributed by atoms with Gasteiger partial charge in [0.25, 0.3) is 10.0 Å². The summed E-state index contributed by atoms with van der Waals surface area (Å²) in [5.74, 6) is 0. The van der Waals surface area contributed by atoms with E-state index in [9.17, 15) is 13.2 Å². The quantitative estimate of drug-likeness (QED) is 0.801. The zero-order valence-corrected chi connectivity index (χ0v) is 15.2. The predicted molar refractivity (Wildman–Crippen MR) is 94.5 cm³/mol. The molecule has 2 aromatic carbocycles. The Morgan fingerprint density at radius 1 is 1.00 bits per heavy atom. The van der Waals surface area contributed by atoms with Gasteiger partial charge in [-0.1, -0.05) is 59.1 Å². The van der Waals surface area contributed by atoms with Gasteiger partial charge in [-0.05, 0) is 31.5 Å². The molecule has 0 spiro atoms. The van der Waals surface area contributed by atoms with Crippen LogP contribution in [0.2, 0.25) is 0 Å². The fourth-order valence-electron chi connectivity index (χ4n) is 2.56. The van der Waals surface area contributed by atoms with Crippen LogP contribution in [0.15, 0.2) is 64.7 Å². The van der Waals surface area contributed by atoms with Crippen molar-refractivity contribution in [1.29, 1.82) is 0 Å². The highest BCUT2D eigenvalue weighted by molar-refractivity contribution is 7.89. The Morgan fingerprint density at radius 2 is 1.52 bits per heavy atom. The highest BCUT2D eigenvalue weighted by Gasteiger charge is 2.45. The molecule has 0 aliphatic carbocycles. The Bertz CT molecular complexity index is 934. The van der Waals surface area contributed by atoms with E-state index in [0.717, 1.165) is 16.7 Å². The molecule has 0 aromatic heterocycles. The van der Waals surface area contributed by atoms with Gasteiger partial charge in [-0.2, -0.15) is 4.31 Å². The normalized spacial score (nSPS) is 19.3. The number of carbonyl (C=O) groups is 1. The van der Waals surface area contributed by atoms with E-state index in [1.54, 1.807) is 24.3 Å². The molecule has 1 saturated heterocycles. The van der Waals surface area contributed by atoms with E-state index < -0.39 is 22.2 Å². The van der Waals surface area contributed by atoms with Crippen molar-refractivity contribution >= 4 is 27.7 Å². The van der Waals surface area contributed by atoms with Gasteiger partial charge in [0.2, 0.25) is 0 Å². The SMILES string of the molecule is Cc1ccc(C2OC(=O)N(S(=O)(=O)c3ccc(C)cc3)/C2=C/Cl)cc1. The second-order valence-electron chi connectivity index (χ2n) is 5.79. The summed E-state index contributed by atoms with van der Waals surface area (Å²) in [6, 6.07) is 13.5. The fourth-order valence-corrected chi connectivity index (χ4v) is 4.18. The summed E-state index contributed by atoms with van der Waals surface area (Å²) < 4.78 is 31.7. The van der Waals surface area contributed by atoms with Crippen LogP contribution in [0.4, 0.5) is 4.79 Å². The summed E-state index contributed by atoms with van der Waals surface area (Å²) in [5.41, 5.74) is 3.73. The van der Waals surface area contributed by atoms with E-state index >= 15 is 0 Å². The van der Waals surface area contributed by atoms with Crippen LogP contribution in [0.1, 0.15) is 22.8 Å². The molecule has 1 heterocycles. The Morgan fingerprint density at radius 3 is 2.04 bits per heavy atom. The second-order valence-corrected chi connectivity index (χ2v) is 7.80. The second kappa shape index (κ2) is 6.54.